The van der Waals surface area contributed by atoms with Crippen molar-refractivity contribution in [3.63, 3.8) is 0 Å². The molecule has 0 fully saturated rings. The van der Waals surface area contributed by atoms with Crippen molar-refractivity contribution in [3.05, 3.63) is 41.5 Å². The molecule has 2 rings (SSSR count). The molecule has 0 saturated heterocycles. The van der Waals surface area contributed by atoms with E-state index >= 15 is 0 Å². The van der Waals surface area contributed by atoms with Gasteiger partial charge in [-0.25, -0.2) is 4.79 Å². The van der Waals surface area contributed by atoms with Crippen molar-refractivity contribution in [1.29, 1.82) is 0 Å². The molecule has 0 N–H and O–H groups in total. The molecule has 0 bridgehead atoms. The quantitative estimate of drug-likeness (QED) is 0.305. The van der Waals surface area contributed by atoms with Crippen molar-refractivity contribution in [3.8, 4) is 0 Å². The molecule has 1 aliphatic heterocycles. The third-order valence-corrected chi connectivity index (χ3v) is 7.09. The van der Waals surface area contributed by atoms with Gasteiger partial charge in [-0.2, -0.15) is 0 Å². The molecular formula is C24H36O2S. The third kappa shape index (κ3) is 6.14. The first kappa shape index (κ1) is 22.1. The van der Waals surface area contributed by atoms with E-state index in [1.54, 1.807) is 0 Å². The summed E-state index contributed by atoms with van der Waals surface area (Å²) in [4.78, 5) is 12.8. The van der Waals surface area contributed by atoms with Crippen molar-refractivity contribution >= 4 is 23.3 Å². The highest BCUT2D eigenvalue weighted by Crippen LogP contribution is 2.49. The van der Waals surface area contributed by atoms with Gasteiger partial charge in [-0.3, -0.25) is 0 Å². The summed E-state index contributed by atoms with van der Waals surface area (Å²) in [5, 5.41) is 0.620. The molecule has 0 amide bonds. The van der Waals surface area contributed by atoms with Gasteiger partial charge in [0.1, 0.15) is 0 Å². The number of rotatable bonds is 11. The summed E-state index contributed by atoms with van der Waals surface area (Å²) >= 11 is 1.98. The summed E-state index contributed by atoms with van der Waals surface area (Å²) in [5.41, 5.74) is 3.33. The number of hydrogen-bond acceptors (Lipinski definition) is 3. The van der Waals surface area contributed by atoms with Crippen LogP contribution < -0.4 is 0 Å². The predicted molar refractivity (Wildman–Crippen MR) is 118 cm³/mol. The Bertz CT molecular complexity index is 606. The highest BCUT2D eigenvalue weighted by molar-refractivity contribution is 8.01. The van der Waals surface area contributed by atoms with Gasteiger partial charge in [-0.15, -0.1) is 11.8 Å². The zero-order valence-corrected chi connectivity index (χ0v) is 18.3. The summed E-state index contributed by atoms with van der Waals surface area (Å²) in [5.74, 6) is 0.302. The van der Waals surface area contributed by atoms with Gasteiger partial charge in [0.15, 0.2) is 0 Å². The molecule has 2 atom stereocenters. The minimum Gasteiger partial charge on any atom is -0.463 e. The highest BCUT2D eigenvalue weighted by Gasteiger charge is 2.40. The van der Waals surface area contributed by atoms with Crippen LogP contribution in [-0.4, -0.2) is 23.1 Å². The van der Waals surface area contributed by atoms with Crippen LogP contribution in [0.4, 0.5) is 0 Å². The minimum absolute atomic E-state index is 0.118. The van der Waals surface area contributed by atoms with E-state index in [0.717, 1.165) is 12.0 Å². The van der Waals surface area contributed by atoms with Gasteiger partial charge in [0.05, 0.1) is 12.2 Å². The molecule has 1 aromatic rings. The van der Waals surface area contributed by atoms with E-state index in [1.165, 1.54) is 49.7 Å². The second-order valence-electron chi connectivity index (χ2n) is 7.76. The van der Waals surface area contributed by atoms with Crippen LogP contribution in [0.5, 0.6) is 0 Å². The molecule has 0 saturated carbocycles. The number of esters is 1. The molecule has 1 heterocycles. The Morgan fingerprint density at radius 3 is 2.33 bits per heavy atom. The molecule has 0 aromatic heterocycles. The minimum atomic E-state index is -0.118. The Hall–Kier alpha value is -1.22. The average Bonchev–Trinajstić information content (AvgIpc) is 3.05. The van der Waals surface area contributed by atoms with E-state index < -0.39 is 0 Å². The summed E-state index contributed by atoms with van der Waals surface area (Å²) in [7, 11) is 0. The Labute approximate surface area is 170 Å². The molecule has 3 heteroatoms. The van der Waals surface area contributed by atoms with E-state index in [9.17, 15) is 4.79 Å². The fraction of sp³-hybridized carbons (Fsp3) is 0.625. The van der Waals surface area contributed by atoms with Gasteiger partial charge in [-0.05, 0) is 30.4 Å². The zero-order valence-electron chi connectivity index (χ0n) is 17.5. The molecule has 0 aliphatic carbocycles. The highest BCUT2D eigenvalue weighted by atomic mass is 32.2. The number of carbonyl (C=O) groups excluding carboxylic acids is 1. The largest absolute Gasteiger partial charge is 0.463 e. The van der Waals surface area contributed by atoms with Crippen LogP contribution in [0, 0.1) is 5.92 Å². The Kier molecular flexibility index (Phi) is 9.47. The third-order valence-electron chi connectivity index (χ3n) is 5.21. The van der Waals surface area contributed by atoms with Crippen LogP contribution in [-0.2, 0) is 9.53 Å². The maximum Gasteiger partial charge on any atom is 0.335 e. The second-order valence-corrected chi connectivity index (χ2v) is 9.11. The fourth-order valence-corrected chi connectivity index (χ4v) is 5.58. The number of carbonyl (C=O) groups is 1. The van der Waals surface area contributed by atoms with Crippen LogP contribution in [0.15, 0.2) is 35.9 Å². The summed E-state index contributed by atoms with van der Waals surface area (Å²) < 4.78 is 5.47. The van der Waals surface area contributed by atoms with Crippen LogP contribution in [0.25, 0.3) is 5.57 Å². The standard InChI is InChI=1S/C24H36O2S/c1-5-7-8-9-10-14-17-20-21(19-15-12-11-13-16-19)22(24(25)26-6-2)23(27-20)18(3)4/h11-13,15-16,18,20,23H,5-10,14,17H2,1-4H3. The molecule has 2 unspecified atom stereocenters. The van der Waals surface area contributed by atoms with Crippen molar-refractivity contribution in [2.45, 2.75) is 83.1 Å². The molecular weight excluding hydrogens is 352 g/mol. The molecule has 2 nitrogen and oxygen atoms in total. The van der Waals surface area contributed by atoms with Gasteiger partial charge in [0.2, 0.25) is 0 Å². The molecule has 0 radical (unpaired) electrons. The second kappa shape index (κ2) is 11.6. The average molecular weight is 389 g/mol. The Balaban J connectivity index is 2.23. The molecule has 27 heavy (non-hydrogen) atoms. The number of benzene rings is 1. The van der Waals surface area contributed by atoms with Crippen LogP contribution in [0.2, 0.25) is 0 Å². The summed E-state index contributed by atoms with van der Waals surface area (Å²) in [6, 6.07) is 10.5. The van der Waals surface area contributed by atoms with Gasteiger partial charge in [0, 0.05) is 10.5 Å². The van der Waals surface area contributed by atoms with Crippen molar-refractivity contribution < 1.29 is 9.53 Å². The van der Waals surface area contributed by atoms with E-state index in [4.69, 9.17) is 4.74 Å². The van der Waals surface area contributed by atoms with E-state index in [1.807, 2.05) is 24.8 Å². The molecule has 1 aliphatic rings. The number of hydrogen-bond donors (Lipinski definition) is 0. The first-order valence-corrected chi connectivity index (χ1v) is 11.7. The Morgan fingerprint density at radius 1 is 1.04 bits per heavy atom. The maximum absolute atomic E-state index is 12.8. The molecule has 1 aromatic carbocycles. The topological polar surface area (TPSA) is 26.3 Å². The van der Waals surface area contributed by atoms with Gasteiger partial charge < -0.3 is 4.74 Å². The smallest absolute Gasteiger partial charge is 0.335 e. The lowest BCUT2D eigenvalue weighted by atomic mass is 9.90. The van der Waals surface area contributed by atoms with Crippen LogP contribution in [0.1, 0.15) is 78.2 Å². The van der Waals surface area contributed by atoms with E-state index in [2.05, 4.69) is 45.0 Å². The number of unbranched alkanes of at least 4 members (excludes halogenated alkanes) is 5. The van der Waals surface area contributed by atoms with E-state index in [-0.39, 0.29) is 11.2 Å². The fourth-order valence-electron chi connectivity index (χ4n) is 3.85. The monoisotopic (exact) mass is 388 g/mol. The summed E-state index contributed by atoms with van der Waals surface area (Å²) in [6.07, 6.45) is 8.98. The first-order chi connectivity index (χ1) is 13.1. The summed E-state index contributed by atoms with van der Waals surface area (Å²) in [6.45, 7) is 9.01. The lowest BCUT2D eigenvalue weighted by molar-refractivity contribution is -0.138. The SMILES string of the molecule is CCCCCCCCC1SC(C(C)C)C(C(=O)OCC)=C1c1ccccc1. The Morgan fingerprint density at radius 2 is 1.70 bits per heavy atom. The van der Waals surface area contributed by atoms with Gasteiger partial charge in [-0.1, -0.05) is 89.6 Å². The van der Waals surface area contributed by atoms with Gasteiger partial charge in [0.25, 0.3) is 0 Å². The number of ether oxygens (including phenoxy) is 1. The van der Waals surface area contributed by atoms with Crippen LogP contribution in [0.3, 0.4) is 0 Å². The van der Waals surface area contributed by atoms with Gasteiger partial charge >= 0.3 is 5.97 Å². The van der Waals surface area contributed by atoms with Crippen molar-refractivity contribution in [2.75, 3.05) is 6.61 Å². The normalized spacial score (nSPS) is 19.7. The zero-order chi connectivity index (χ0) is 19.6. The van der Waals surface area contributed by atoms with Crippen LogP contribution >= 0.6 is 11.8 Å². The molecule has 150 valence electrons. The van der Waals surface area contributed by atoms with E-state index in [0.29, 0.717) is 17.8 Å². The lowest BCUT2D eigenvalue weighted by Crippen LogP contribution is -2.20. The maximum atomic E-state index is 12.8. The van der Waals surface area contributed by atoms with Crippen molar-refractivity contribution in [2.24, 2.45) is 5.92 Å². The molecule has 0 spiro atoms. The first-order valence-electron chi connectivity index (χ1n) is 10.7. The lowest BCUT2D eigenvalue weighted by Gasteiger charge is -2.18. The predicted octanol–water partition coefficient (Wildman–Crippen LogP) is 6.89. The number of thioether (sulfide) groups is 1. The van der Waals surface area contributed by atoms with Crippen molar-refractivity contribution in [1.82, 2.24) is 0 Å².